The molecule has 0 aromatic heterocycles. The second-order valence-corrected chi connectivity index (χ2v) is 3.72. The molecule has 0 aliphatic rings. The molecule has 0 radical (unpaired) electrons. The molecule has 17 heavy (non-hydrogen) atoms. The van der Waals surface area contributed by atoms with E-state index in [0.717, 1.165) is 6.29 Å². The summed E-state index contributed by atoms with van der Waals surface area (Å²) in [5.74, 6) is 0.114. The molecule has 0 rings (SSSR count). The maximum Gasteiger partial charge on any atom is 0.234 e. The summed E-state index contributed by atoms with van der Waals surface area (Å²) in [5, 5.41) is 5.19. The third-order valence-electron chi connectivity index (χ3n) is 1.80. The number of hydrogen-bond acceptors (Lipinski definition) is 4. The molecular formula is C12H24N2O3. The first-order valence-corrected chi connectivity index (χ1v) is 5.99. The number of carbonyl (C=O) groups excluding carboxylic acids is 3. The van der Waals surface area contributed by atoms with Gasteiger partial charge in [0.15, 0.2) is 0 Å². The maximum absolute atomic E-state index is 11.1. The van der Waals surface area contributed by atoms with Gasteiger partial charge in [0, 0.05) is 0 Å². The van der Waals surface area contributed by atoms with Crippen molar-refractivity contribution in [3.63, 3.8) is 0 Å². The van der Waals surface area contributed by atoms with Crippen LogP contribution in [0.4, 0.5) is 0 Å². The molecule has 0 aliphatic carbocycles. The van der Waals surface area contributed by atoms with E-state index in [9.17, 15) is 14.4 Å². The predicted octanol–water partition coefficient (Wildman–Crippen LogP) is 0.531. The summed E-state index contributed by atoms with van der Waals surface area (Å²) in [4.78, 5) is 31.6. The van der Waals surface area contributed by atoms with Crippen molar-refractivity contribution in [2.45, 2.75) is 40.2 Å². The van der Waals surface area contributed by atoms with Gasteiger partial charge in [0.2, 0.25) is 5.91 Å². The minimum absolute atomic E-state index is 0.0104. The molecule has 1 atom stereocenters. The molecule has 0 saturated carbocycles. The Kier molecular flexibility index (Phi) is 13.7. The molecule has 0 bridgehead atoms. The lowest BCUT2D eigenvalue weighted by Gasteiger charge is -2.14. The standard InChI is InChI=1S/C10H18N2O3.C2H6/c1-8(2)5-9(7-14)12-6-10(15)11-3-4-13;1-2/h4,7-9,12H,3,5-6H2,1-2H3,(H,11,15);1-2H3. The van der Waals surface area contributed by atoms with E-state index in [1.54, 1.807) is 0 Å². The van der Waals surface area contributed by atoms with Crippen molar-refractivity contribution >= 4 is 18.5 Å². The van der Waals surface area contributed by atoms with Gasteiger partial charge in [0.05, 0.1) is 19.1 Å². The highest BCUT2D eigenvalue weighted by Gasteiger charge is 2.10. The molecule has 1 unspecified atom stereocenters. The maximum atomic E-state index is 11.1. The summed E-state index contributed by atoms with van der Waals surface area (Å²) >= 11 is 0. The molecule has 0 fully saturated rings. The summed E-state index contributed by atoms with van der Waals surface area (Å²) in [6.07, 6.45) is 2.11. The number of aldehydes is 2. The fourth-order valence-corrected chi connectivity index (χ4v) is 1.14. The highest BCUT2D eigenvalue weighted by Crippen LogP contribution is 2.01. The van der Waals surface area contributed by atoms with Crippen molar-refractivity contribution < 1.29 is 14.4 Å². The Balaban J connectivity index is 0. The third-order valence-corrected chi connectivity index (χ3v) is 1.80. The van der Waals surface area contributed by atoms with Crippen LogP contribution < -0.4 is 10.6 Å². The predicted molar refractivity (Wildman–Crippen MR) is 67.7 cm³/mol. The van der Waals surface area contributed by atoms with Crippen LogP contribution in [0.25, 0.3) is 0 Å². The third kappa shape index (κ3) is 12.7. The first kappa shape index (κ1) is 18.1. The first-order valence-electron chi connectivity index (χ1n) is 5.99. The lowest BCUT2D eigenvalue weighted by molar-refractivity contribution is -0.122. The van der Waals surface area contributed by atoms with Gasteiger partial charge in [-0.05, 0) is 12.3 Å². The Morgan fingerprint density at radius 1 is 1.24 bits per heavy atom. The number of hydrogen-bond donors (Lipinski definition) is 2. The molecule has 0 aromatic carbocycles. The first-order chi connectivity index (χ1) is 8.10. The highest BCUT2D eigenvalue weighted by molar-refractivity contribution is 5.80. The van der Waals surface area contributed by atoms with Crippen LogP contribution in [0.3, 0.4) is 0 Å². The Hall–Kier alpha value is -1.23. The summed E-state index contributed by atoms with van der Waals surface area (Å²) in [6, 6.07) is -0.299. The van der Waals surface area contributed by atoms with Gasteiger partial charge in [-0.2, -0.15) is 0 Å². The molecule has 1 amide bonds. The van der Waals surface area contributed by atoms with Crippen molar-refractivity contribution in [2.75, 3.05) is 13.1 Å². The zero-order valence-corrected chi connectivity index (χ0v) is 11.2. The zero-order valence-electron chi connectivity index (χ0n) is 11.2. The van der Waals surface area contributed by atoms with Crippen LogP contribution in [-0.2, 0) is 14.4 Å². The fraction of sp³-hybridized carbons (Fsp3) is 0.750. The molecule has 0 spiro atoms. The largest absolute Gasteiger partial charge is 0.348 e. The smallest absolute Gasteiger partial charge is 0.234 e. The molecule has 5 nitrogen and oxygen atoms in total. The van der Waals surface area contributed by atoms with Crippen LogP contribution in [-0.4, -0.2) is 37.6 Å². The lowest BCUT2D eigenvalue weighted by atomic mass is 10.1. The normalized spacial score (nSPS) is 11.1. The second-order valence-electron chi connectivity index (χ2n) is 3.72. The van der Waals surface area contributed by atoms with Gasteiger partial charge in [-0.3, -0.25) is 10.1 Å². The molecule has 2 N–H and O–H groups in total. The van der Waals surface area contributed by atoms with Gasteiger partial charge in [-0.1, -0.05) is 27.7 Å². The SMILES string of the molecule is CC.CC(C)CC(C=O)NCC(=O)NCC=O. The molecule has 0 aliphatic heterocycles. The van der Waals surface area contributed by atoms with Gasteiger partial charge in [-0.25, -0.2) is 0 Å². The van der Waals surface area contributed by atoms with E-state index in [1.807, 2.05) is 27.7 Å². The van der Waals surface area contributed by atoms with E-state index in [4.69, 9.17) is 0 Å². The van der Waals surface area contributed by atoms with Gasteiger partial charge < -0.3 is 14.9 Å². The van der Waals surface area contributed by atoms with E-state index in [-0.39, 0.29) is 25.0 Å². The minimum atomic E-state index is -0.299. The Labute approximate surface area is 103 Å². The van der Waals surface area contributed by atoms with E-state index < -0.39 is 0 Å². The summed E-state index contributed by atoms with van der Waals surface area (Å²) in [5.41, 5.74) is 0. The van der Waals surface area contributed by atoms with E-state index in [1.165, 1.54) is 0 Å². The van der Waals surface area contributed by atoms with E-state index in [0.29, 0.717) is 18.6 Å². The number of amides is 1. The fourth-order valence-electron chi connectivity index (χ4n) is 1.14. The Bertz CT molecular complexity index is 218. The molecular weight excluding hydrogens is 220 g/mol. The van der Waals surface area contributed by atoms with Crippen molar-refractivity contribution in [3.05, 3.63) is 0 Å². The van der Waals surface area contributed by atoms with Crippen molar-refractivity contribution in [1.29, 1.82) is 0 Å². The quantitative estimate of drug-likeness (QED) is 0.611. The van der Waals surface area contributed by atoms with Crippen molar-refractivity contribution in [3.8, 4) is 0 Å². The summed E-state index contributed by atoms with van der Waals surface area (Å²) in [7, 11) is 0. The van der Waals surface area contributed by atoms with Crippen LogP contribution in [0.5, 0.6) is 0 Å². The Morgan fingerprint density at radius 2 is 1.82 bits per heavy atom. The monoisotopic (exact) mass is 244 g/mol. The average molecular weight is 244 g/mol. The van der Waals surface area contributed by atoms with Crippen molar-refractivity contribution in [1.82, 2.24) is 10.6 Å². The number of rotatable bonds is 8. The van der Waals surface area contributed by atoms with Gasteiger partial charge in [-0.15, -0.1) is 0 Å². The van der Waals surface area contributed by atoms with Crippen LogP contribution in [0.1, 0.15) is 34.1 Å². The lowest BCUT2D eigenvalue weighted by Crippen LogP contribution is -2.40. The topological polar surface area (TPSA) is 75.3 Å². The summed E-state index contributed by atoms with van der Waals surface area (Å²) < 4.78 is 0. The molecule has 0 saturated heterocycles. The van der Waals surface area contributed by atoms with E-state index in [2.05, 4.69) is 10.6 Å². The van der Waals surface area contributed by atoms with Crippen LogP contribution in [0, 0.1) is 5.92 Å². The molecule has 100 valence electrons. The molecule has 0 aromatic rings. The minimum Gasteiger partial charge on any atom is -0.348 e. The zero-order chi connectivity index (χ0) is 13.7. The van der Waals surface area contributed by atoms with Crippen LogP contribution in [0.15, 0.2) is 0 Å². The molecule has 5 heteroatoms. The Morgan fingerprint density at radius 3 is 2.24 bits per heavy atom. The van der Waals surface area contributed by atoms with Gasteiger partial charge in [0.1, 0.15) is 12.6 Å². The van der Waals surface area contributed by atoms with E-state index >= 15 is 0 Å². The summed E-state index contributed by atoms with van der Waals surface area (Å²) in [6.45, 7) is 8.08. The number of nitrogens with one attached hydrogen (secondary N) is 2. The average Bonchev–Trinajstić information content (AvgIpc) is 2.33. The second kappa shape index (κ2) is 12.8. The molecule has 0 heterocycles. The van der Waals surface area contributed by atoms with Gasteiger partial charge >= 0.3 is 0 Å². The number of carbonyl (C=O) groups is 3. The van der Waals surface area contributed by atoms with Gasteiger partial charge in [0.25, 0.3) is 0 Å². The highest BCUT2D eigenvalue weighted by atomic mass is 16.2. The van der Waals surface area contributed by atoms with Crippen LogP contribution >= 0.6 is 0 Å². The van der Waals surface area contributed by atoms with Crippen molar-refractivity contribution in [2.24, 2.45) is 5.92 Å². The van der Waals surface area contributed by atoms with Crippen LogP contribution in [0.2, 0.25) is 0 Å².